The number of hydrogen-bond donors (Lipinski definition) is 2. The van der Waals surface area contributed by atoms with Crippen LogP contribution in [0, 0.1) is 0 Å². The van der Waals surface area contributed by atoms with Crippen LogP contribution in [0.4, 0.5) is 4.79 Å². The van der Waals surface area contributed by atoms with Gasteiger partial charge in [-0.25, -0.2) is 4.79 Å². The number of methoxy groups -OCH3 is 1. The number of carbonyl (C=O) groups excluding carboxylic acids is 1. The molecule has 128 valence electrons. The van der Waals surface area contributed by atoms with Crippen molar-refractivity contribution in [2.24, 2.45) is 0 Å². The van der Waals surface area contributed by atoms with Crippen LogP contribution < -0.4 is 15.4 Å². The number of benzene rings is 1. The largest absolute Gasteiger partial charge is 0.495 e. The Morgan fingerprint density at radius 2 is 2.00 bits per heavy atom. The SMILES string of the molecule is COc1c(Br)cc(Br)cc1CNC1CC1NC(=O)OC(C)(C)C. The maximum absolute atomic E-state index is 11.7. The fourth-order valence-corrected chi connectivity index (χ4v) is 3.73. The molecule has 0 radical (unpaired) electrons. The van der Waals surface area contributed by atoms with Gasteiger partial charge in [0.1, 0.15) is 11.4 Å². The van der Waals surface area contributed by atoms with Crippen LogP contribution in [-0.2, 0) is 11.3 Å². The number of halogens is 2. The van der Waals surface area contributed by atoms with Crippen molar-refractivity contribution in [2.45, 2.75) is 51.4 Å². The smallest absolute Gasteiger partial charge is 0.407 e. The molecule has 5 nitrogen and oxygen atoms in total. The molecule has 0 saturated heterocycles. The molecule has 2 rings (SSSR count). The van der Waals surface area contributed by atoms with Crippen LogP contribution in [0.15, 0.2) is 21.1 Å². The molecule has 0 bridgehead atoms. The van der Waals surface area contributed by atoms with E-state index in [2.05, 4.69) is 42.5 Å². The lowest BCUT2D eigenvalue weighted by molar-refractivity contribution is 0.0522. The maximum atomic E-state index is 11.7. The van der Waals surface area contributed by atoms with Crippen molar-refractivity contribution >= 4 is 38.0 Å². The van der Waals surface area contributed by atoms with Gasteiger partial charge < -0.3 is 20.1 Å². The van der Waals surface area contributed by atoms with Crippen LogP contribution >= 0.6 is 31.9 Å². The van der Waals surface area contributed by atoms with E-state index in [-0.39, 0.29) is 18.2 Å². The molecule has 1 fully saturated rings. The molecule has 0 heterocycles. The molecule has 7 heteroatoms. The van der Waals surface area contributed by atoms with Crippen molar-refractivity contribution < 1.29 is 14.3 Å². The summed E-state index contributed by atoms with van der Waals surface area (Å²) in [6.45, 7) is 6.23. The lowest BCUT2D eigenvalue weighted by Crippen LogP contribution is -2.36. The fourth-order valence-electron chi connectivity index (χ4n) is 2.25. The monoisotopic (exact) mass is 448 g/mol. The van der Waals surface area contributed by atoms with E-state index in [1.165, 1.54) is 0 Å². The van der Waals surface area contributed by atoms with Crippen LogP contribution in [0.3, 0.4) is 0 Å². The molecule has 1 aliphatic carbocycles. The van der Waals surface area contributed by atoms with Crippen LogP contribution in [-0.4, -0.2) is 30.9 Å². The third-order valence-electron chi connectivity index (χ3n) is 3.34. The maximum Gasteiger partial charge on any atom is 0.407 e. The number of amides is 1. The second-order valence-corrected chi connectivity index (χ2v) is 8.33. The van der Waals surface area contributed by atoms with E-state index in [4.69, 9.17) is 9.47 Å². The van der Waals surface area contributed by atoms with E-state index in [1.807, 2.05) is 32.9 Å². The van der Waals surface area contributed by atoms with E-state index >= 15 is 0 Å². The van der Waals surface area contributed by atoms with Crippen LogP contribution in [0.25, 0.3) is 0 Å². The first-order chi connectivity index (χ1) is 10.7. The Morgan fingerprint density at radius 3 is 2.61 bits per heavy atom. The number of rotatable bonds is 5. The molecule has 23 heavy (non-hydrogen) atoms. The highest BCUT2D eigenvalue weighted by molar-refractivity contribution is 9.11. The van der Waals surface area contributed by atoms with Gasteiger partial charge in [0.25, 0.3) is 0 Å². The highest BCUT2D eigenvalue weighted by Crippen LogP contribution is 2.33. The molecule has 0 spiro atoms. The molecule has 2 unspecified atom stereocenters. The molecule has 0 aromatic heterocycles. The summed E-state index contributed by atoms with van der Waals surface area (Å²) in [5.41, 5.74) is 0.578. The fraction of sp³-hybridized carbons (Fsp3) is 0.562. The quantitative estimate of drug-likeness (QED) is 0.713. The molecule has 2 N–H and O–H groups in total. The third-order valence-corrected chi connectivity index (χ3v) is 4.38. The molecule has 1 saturated carbocycles. The number of hydrogen-bond acceptors (Lipinski definition) is 4. The molecule has 0 aliphatic heterocycles. The zero-order valence-electron chi connectivity index (χ0n) is 13.7. The van der Waals surface area contributed by atoms with Gasteiger partial charge in [0.15, 0.2) is 0 Å². The second kappa shape index (κ2) is 7.40. The standard InChI is InChI=1S/C16H22Br2N2O3/c1-16(2,3)23-15(21)20-13-7-12(13)19-8-9-5-10(17)6-11(18)14(9)22-4/h5-6,12-13,19H,7-8H2,1-4H3,(H,20,21). The Hall–Kier alpha value is -0.790. The minimum absolute atomic E-state index is 0.117. The van der Waals surface area contributed by atoms with E-state index in [1.54, 1.807) is 7.11 Å². The lowest BCUT2D eigenvalue weighted by Gasteiger charge is -2.19. The summed E-state index contributed by atoms with van der Waals surface area (Å²) in [7, 11) is 1.65. The molecule has 1 aliphatic rings. The van der Waals surface area contributed by atoms with Gasteiger partial charge in [-0.05, 0) is 55.3 Å². The third kappa shape index (κ3) is 5.65. The van der Waals surface area contributed by atoms with Crippen molar-refractivity contribution in [3.05, 3.63) is 26.6 Å². The van der Waals surface area contributed by atoms with Gasteiger partial charge in [0.2, 0.25) is 0 Å². The van der Waals surface area contributed by atoms with Crippen LogP contribution in [0.2, 0.25) is 0 Å². The van der Waals surface area contributed by atoms with Gasteiger partial charge >= 0.3 is 6.09 Å². The number of alkyl carbamates (subject to hydrolysis) is 1. The Bertz CT molecular complexity index is 587. The molecule has 1 aromatic carbocycles. The summed E-state index contributed by atoms with van der Waals surface area (Å²) in [6, 6.07) is 4.35. The average Bonchev–Trinajstić information content (AvgIpc) is 3.11. The first-order valence-electron chi connectivity index (χ1n) is 7.44. The Labute approximate surface area is 153 Å². The summed E-state index contributed by atoms with van der Waals surface area (Å²) in [5.74, 6) is 0.818. The van der Waals surface area contributed by atoms with Crippen molar-refractivity contribution in [1.29, 1.82) is 0 Å². The molecular formula is C16H22Br2N2O3. The van der Waals surface area contributed by atoms with Gasteiger partial charge in [-0.15, -0.1) is 0 Å². The van der Waals surface area contributed by atoms with Gasteiger partial charge in [0, 0.05) is 28.7 Å². The highest BCUT2D eigenvalue weighted by atomic mass is 79.9. The van der Waals surface area contributed by atoms with Crippen molar-refractivity contribution in [1.82, 2.24) is 10.6 Å². The van der Waals surface area contributed by atoms with Gasteiger partial charge in [0.05, 0.1) is 11.6 Å². The van der Waals surface area contributed by atoms with E-state index in [0.29, 0.717) is 6.54 Å². The number of nitrogens with one attached hydrogen (secondary N) is 2. The first-order valence-corrected chi connectivity index (χ1v) is 9.03. The molecule has 1 aromatic rings. The Balaban J connectivity index is 1.84. The zero-order valence-corrected chi connectivity index (χ0v) is 16.9. The van der Waals surface area contributed by atoms with E-state index < -0.39 is 5.60 Å². The average molecular weight is 450 g/mol. The molecule has 1 amide bonds. The van der Waals surface area contributed by atoms with E-state index in [0.717, 1.165) is 26.7 Å². The Morgan fingerprint density at radius 1 is 1.30 bits per heavy atom. The van der Waals surface area contributed by atoms with Crippen LogP contribution in [0.5, 0.6) is 5.75 Å². The van der Waals surface area contributed by atoms with Crippen molar-refractivity contribution in [2.75, 3.05) is 7.11 Å². The number of carbonyl (C=O) groups is 1. The second-order valence-electron chi connectivity index (χ2n) is 6.56. The summed E-state index contributed by atoms with van der Waals surface area (Å²) in [6.07, 6.45) is 0.533. The zero-order chi connectivity index (χ0) is 17.2. The predicted octanol–water partition coefficient (Wildman–Crippen LogP) is 3.98. The molecule has 2 atom stereocenters. The van der Waals surface area contributed by atoms with Gasteiger partial charge in [-0.3, -0.25) is 0 Å². The minimum Gasteiger partial charge on any atom is -0.495 e. The lowest BCUT2D eigenvalue weighted by atomic mass is 10.2. The summed E-state index contributed by atoms with van der Waals surface area (Å²) in [5, 5.41) is 6.30. The minimum atomic E-state index is -0.474. The normalized spacial score (nSPS) is 20.1. The van der Waals surface area contributed by atoms with Gasteiger partial charge in [-0.2, -0.15) is 0 Å². The summed E-state index contributed by atoms with van der Waals surface area (Å²) >= 11 is 6.98. The Kier molecular flexibility index (Phi) is 5.97. The van der Waals surface area contributed by atoms with E-state index in [9.17, 15) is 4.79 Å². The summed E-state index contributed by atoms with van der Waals surface area (Å²) in [4.78, 5) is 11.7. The number of ether oxygens (including phenoxy) is 2. The topological polar surface area (TPSA) is 59.6 Å². The van der Waals surface area contributed by atoms with Crippen molar-refractivity contribution in [3.63, 3.8) is 0 Å². The molecular weight excluding hydrogens is 428 g/mol. The van der Waals surface area contributed by atoms with Crippen molar-refractivity contribution in [3.8, 4) is 5.75 Å². The van der Waals surface area contributed by atoms with Gasteiger partial charge in [-0.1, -0.05) is 15.9 Å². The first kappa shape index (κ1) is 18.5. The summed E-state index contributed by atoms with van der Waals surface area (Å²) < 4.78 is 12.6. The highest BCUT2D eigenvalue weighted by Gasteiger charge is 2.39. The van der Waals surface area contributed by atoms with Crippen LogP contribution in [0.1, 0.15) is 32.8 Å². The predicted molar refractivity (Wildman–Crippen MR) is 96.8 cm³/mol.